The summed E-state index contributed by atoms with van der Waals surface area (Å²) >= 11 is 0. The second kappa shape index (κ2) is 5.25. The molecule has 0 aliphatic carbocycles. The molecule has 0 aromatic rings. The maximum Gasteiger partial charge on any atom is 0.0516 e. The topological polar surface area (TPSA) is 41.7 Å². The van der Waals surface area contributed by atoms with Gasteiger partial charge < -0.3 is 15.4 Å². The monoisotopic (exact) mass is 213 g/mol. The van der Waals surface area contributed by atoms with Crippen LogP contribution in [-0.2, 0) is 4.74 Å². The zero-order valence-electron chi connectivity index (χ0n) is 9.69. The quantitative estimate of drug-likeness (QED) is 0.690. The van der Waals surface area contributed by atoms with Gasteiger partial charge >= 0.3 is 0 Å². The average Bonchev–Trinajstić information content (AvgIpc) is 2.18. The van der Waals surface area contributed by atoms with Crippen LogP contribution in [0.5, 0.6) is 0 Å². The first-order valence-corrected chi connectivity index (χ1v) is 6.00. The van der Waals surface area contributed by atoms with Gasteiger partial charge in [-0.15, -0.1) is 0 Å². The Morgan fingerprint density at radius 1 is 1.33 bits per heavy atom. The summed E-state index contributed by atoms with van der Waals surface area (Å²) in [5.41, 5.74) is 5.76. The molecule has 0 aromatic carbocycles. The molecule has 0 amide bonds. The van der Waals surface area contributed by atoms with E-state index in [0.717, 1.165) is 38.8 Å². The molecule has 0 radical (unpaired) electrons. The molecule has 0 aromatic heterocycles. The van der Waals surface area contributed by atoms with Gasteiger partial charge in [-0.05, 0) is 20.0 Å². The van der Waals surface area contributed by atoms with Crippen LogP contribution >= 0.6 is 0 Å². The predicted molar refractivity (Wildman–Crippen MR) is 60.8 cm³/mol. The third-order valence-electron chi connectivity index (χ3n) is 3.69. The fourth-order valence-corrected chi connectivity index (χ4v) is 2.28. The first-order valence-electron chi connectivity index (χ1n) is 6.00. The third-order valence-corrected chi connectivity index (χ3v) is 3.69. The zero-order valence-corrected chi connectivity index (χ0v) is 9.69. The van der Waals surface area contributed by atoms with Crippen molar-refractivity contribution in [1.29, 1.82) is 0 Å². The first-order chi connectivity index (χ1) is 7.29. The summed E-state index contributed by atoms with van der Waals surface area (Å²) in [5, 5.41) is 0. The minimum Gasteiger partial charge on any atom is -0.381 e. The molecule has 0 spiro atoms. The lowest BCUT2D eigenvalue weighted by atomic mass is 10.0. The lowest BCUT2D eigenvalue weighted by Gasteiger charge is -2.39. The van der Waals surface area contributed by atoms with Gasteiger partial charge in [0.25, 0.3) is 0 Å². The molecule has 4 heteroatoms. The molecule has 4 nitrogen and oxygen atoms in total. The van der Waals surface area contributed by atoms with Gasteiger partial charge in [0, 0.05) is 38.1 Å². The van der Waals surface area contributed by atoms with E-state index >= 15 is 0 Å². The molecule has 2 rings (SSSR count). The molecule has 2 aliphatic heterocycles. The second-order valence-corrected chi connectivity index (χ2v) is 4.86. The van der Waals surface area contributed by atoms with Crippen molar-refractivity contribution in [3.63, 3.8) is 0 Å². The Balaban J connectivity index is 1.68. The minimum atomic E-state index is 0.552. The fourth-order valence-electron chi connectivity index (χ4n) is 2.28. The second-order valence-electron chi connectivity index (χ2n) is 4.86. The van der Waals surface area contributed by atoms with Crippen molar-refractivity contribution in [3.05, 3.63) is 0 Å². The number of ether oxygens (including phenoxy) is 1. The Morgan fingerprint density at radius 3 is 2.73 bits per heavy atom. The molecule has 1 atom stereocenters. The van der Waals surface area contributed by atoms with E-state index in [1.165, 1.54) is 19.5 Å². The highest BCUT2D eigenvalue weighted by molar-refractivity contribution is 4.81. The maximum atomic E-state index is 5.76. The Hall–Kier alpha value is -0.160. The summed E-state index contributed by atoms with van der Waals surface area (Å²) < 4.78 is 5.19. The Labute approximate surface area is 92.4 Å². The van der Waals surface area contributed by atoms with E-state index in [-0.39, 0.29) is 0 Å². The molecule has 15 heavy (non-hydrogen) atoms. The van der Waals surface area contributed by atoms with Gasteiger partial charge in [0.2, 0.25) is 0 Å². The molecular weight excluding hydrogens is 190 g/mol. The molecule has 2 heterocycles. The van der Waals surface area contributed by atoms with Crippen LogP contribution in [0.1, 0.15) is 6.42 Å². The molecule has 1 unspecified atom stereocenters. The summed E-state index contributed by atoms with van der Waals surface area (Å²) in [4.78, 5) is 4.93. The smallest absolute Gasteiger partial charge is 0.0516 e. The Bertz CT molecular complexity index is 196. The maximum absolute atomic E-state index is 5.76. The molecule has 2 saturated heterocycles. The van der Waals surface area contributed by atoms with Crippen LogP contribution in [0, 0.1) is 5.92 Å². The van der Waals surface area contributed by atoms with Crippen molar-refractivity contribution in [3.8, 4) is 0 Å². The van der Waals surface area contributed by atoms with Crippen LogP contribution in [0.3, 0.4) is 0 Å². The van der Waals surface area contributed by atoms with Crippen molar-refractivity contribution in [2.45, 2.75) is 12.5 Å². The zero-order chi connectivity index (χ0) is 10.7. The van der Waals surface area contributed by atoms with Gasteiger partial charge in [0.15, 0.2) is 0 Å². The number of rotatable bonds is 4. The highest BCUT2D eigenvalue weighted by Gasteiger charge is 2.24. The van der Waals surface area contributed by atoms with E-state index in [2.05, 4.69) is 16.8 Å². The number of nitrogens with two attached hydrogens (primary N) is 1. The van der Waals surface area contributed by atoms with E-state index in [0.29, 0.717) is 6.04 Å². The largest absolute Gasteiger partial charge is 0.381 e. The van der Waals surface area contributed by atoms with Crippen LogP contribution in [0.2, 0.25) is 0 Å². The van der Waals surface area contributed by atoms with E-state index in [9.17, 15) is 0 Å². The van der Waals surface area contributed by atoms with Crippen molar-refractivity contribution in [2.75, 3.05) is 53.0 Å². The third kappa shape index (κ3) is 2.91. The van der Waals surface area contributed by atoms with E-state index in [1.54, 1.807) is 0 Å². The highest BCUT2D eigenvalue weighted by Crippen LogP contribution is 2.16. The summed E-state index contributed by atoms with van der Waals surface area (Å²) in [6.45, 7) is 7.45. The van der Waals surface area contributed by atoms with Crippen LogP contribution in [0.4, 0.5) is 0 Å². The van der Waals surface area contributed by atoms with E-state index < -0.39 is 0 Å². The molecule has 2 N–H and O–H groups in total. The van der Waals surface area contributed by atoms with Gasteiger partial charge in [-0.1, -0.05) is 0 Å². The molecule has 2 aliphatic rings. The van der Waals surface area contributed by atoms with Crippen molar-refractivity contribution in [2.24, 2.45) is 11.7 Å². The summed E-state index contributed by atoms with van der Waals surface area (Å²) in [7, 11) is 2.18. The standard InChI is InChI=1S/C11H23N3O/c1-13-4-5-14(7-11(13)6-12)3-2-10-8-15-9-10/h10-11H,2-9,12H2,1H3. The van der Waals surface area contributed by atoms with E-state index in [4.69, 9.17) is 10.5 Å². The number of hydrogen-bond acceptors (Lipinski definition) is 4. The summed E-state index contributed by atoms with van der Waals surface area (Å²) in [6.07, 6.45) is 1.29. The van der Waals surface area contributed by atoms with Gasteiger partial charge in [-0.3, -0.25) is 4.90 Å². The van der Waals surface area contributed by atoms with Gasteiger partial charge in [0.05, 0.1) is 13.2 Å². The lowest BCUT2D eigenvalue weighted by molar-refractivity contribution is -0.0411. The van der Waals surface area contributed by atoms with Crippen LogP contribution < -0.4 is 5.73 Å². The molecule has 2 fully saturated rings. The molecule has 88 valence electrons. The van der Waals surface area contributed by atoms with Gasteiger partial charge in [-0.25, -0.2) is 0 Å². The van der Waals surface area contributed by atoms with Crippen molar-refractivity contribution in [1.82, 2.24) is 9.80 Å². The van der Waals surface area contributed by atoms with Crippen LogP contribution in [0.15, 0.2) is 0 Å². The van der Waals surface area contributed by atoms with Gasteiger partial charge in [-0.2, -0.15) is 0 Å². The number of nitrogens with zero attached hydrogens (tertiary/aromatic N) is 2. The Morgan fingerprint density at radius 2 is 2.13 bits per heavy atom. The minimum absolute atomic E-state index is 0.552. The van der Waals surface area contributed by atoms with E-state index in [1.807, 2.05) is 0 Å². The van der Waals surface area contributed by atoms with Crippen LogP contribution in [0.25, 0.3) is 0 Å². The average molecular weight is 213 g/mol. The number of likely N-dealkylation sites (N-methyl/N-ethyl adjacent to an activating group) is 1. The van der Waals surface area contributed by atoms with Crippen molar-refractivity contribution >= 4 is 0 Å². The van der Waals surface area contributed by atoms with Crippen molar-refractivity contribution < 1.29 is 4.74 Å². The number of piperazine rings is 1. The summed E-state index contributed by atoms with van der Waals surface area (Å²) in [5.74, 6) is 0.820. The lowest BCUT2D eigenvalue weighted by Crippen LogP contribution is -2.54. The van der Waals surface area contributed by atoms with Gasteiger partial charge in [0.1, 0.15) is 0 Å². The molecule has 0 bridgehead atoms. The first kappa shape index (κ1) is 11.3. The normalized spacial score (nSPS) is 30.4. The SMILES string of the molecule is CN1CCN(CCC2COC2)CC1CN. The number of hydrogen-bond donors (Lipinski definition) is 1. The molecular formula is C11H23N3O. The highest BCUT2D eigenvalue weighted by atomic mass is 16.5. The fraction of sp³-hybridized carbons (Fsp3) is 1.00. The molecule has 0 saturated carbocycles. The summed E-state index contributed by atoms with van der Waals surface area (Å²) in [6, 6.07) is 0.552. The Kier molecular flexibility index (Phi) is 3.97. The predicted octanol–water partition coefficient (Wildman–Crippen LogP) is -0.402. The van der Waals surface area contributed by atoms with Crippen LogP contribution in [-0.4, -0.2) is 68.8 Å².